The predicted octanol–water partition coefficient (Wildman–Crippen LogP) is 4.86. The topological polar surface area (TPSA) is 46.5 Å². The lowest BCUT2D eigenvalue weighted by atomic mass is 9.87. The highest BCUT2D eigenvalue weighted by atomic mass is 16.7. The van der Waals surface area contributed by atoms with Crippen LogP contribution < -0.4 is 0 Å². The Morgan fingerprint density at radius 2 is 1.77 bits per heavy atom. The molecule has 116 valence electrons. The summed E-state index contributed by atoms with van der Waals surface area (Å²) in [6, 6.07) is 18.2. The van der Waals surface area contributed by atoms with Crippen LogP contribution in [0.5, 0.6) is 0 Å². The lowest BCUT2D eigenvalue weighted by molar-refractivity contribution is 0.0888. The number of hydrogen-bond donors (Lipinski definition) is 1. The second kappa shape index (κ2) is 8.23. The van der Waals surface area contributed by atoms with Crippen molar-refractivity contribution in [1.82, 2.24) is 0 Å². The summed E-state index contributed by atoms with van der Waals surface area (Å²) < 4.78 is 4.89. The highest BCUT2D eigenvalue weighted by molar-refractivity contribution is 5.57. The Hall–Kier alpha value is -2.29. The molecule has 3 heteroatoms. The second-order valence-corrected chi connectivity index (χ2v) is 5.34. The number of ether oxygens (including phenoxy) is 1. The Morgan fingerprint density at radius 3 is 2.45 bits per heavy atom. The lowest BCUT2D eigenvalue weighted by Crippen LogP contribution is -2.14. The number of hydrogen-bond acceptors (Lipinski definition) is 2. The average Bonchev–Trinajstić information content (AvgIpc) is 2.55. The Morgan fingerprint density at radius 1 is 1.09 bits per heavy atom. The predicted molar refractivity (Wildman–Crippen MR) is 87.3 cm³/mol. The van der Waals surface area contributed by atoms with Gasteiger partial charge in [-0.15, -0.1) is 0 Å². The number of aryl methyl sites for hydroxylation is 1. The molecule has 1 unspecified atom stereocenters. The van der Waals surface area contributed by atoms with Gasteiger partial charge in [0.2, 0.25) is 0 Å². The van der Waals surface area contributed by atoms with E-state index in [1.165, 1.54) is 5.56 Å². The molecule has 0 amide bonds. The van der Waals surface area contributed by atoms with E-state index in [-0.39, 0.29) is 12.5 Å². The largest absolute Gasteiger partial charge is 0.505 e. The van der Waals surface area contributed by atoms with Gasteiger partial charge in [0.15, 0.2) is 0 Å². The minimum atomic E-state index is -1.23. The van der Waals surface area contributed by atoms with Crippen LogP contribution in [0.4, 0.5) is 4.79 Å². The zero-order valence-electron chi connectivity index (χ0n) is 12.9. The molecule has 0 aliphatic rings. The third-order valence-corrected chi connectivity index (χ3v) is 3.81. The van der Waals surface area contributed by atoms with Crippen molar-refractivity contribution in [3.63, 3.8) is 0 Å². The summed E-state index contributed by atoms with van der Waals surface area (Å²) in [4.78, 5) is 10.8. The van der Waals surface area contributed by atoms with Crippen molar-refractivity contribution in [3.05, 3.63) is 71.3 Å². The van der Waals surface area contributed by atoms with Gasteiger partial charge < -0.3 is 9.84 Å². The summed E-state index contributed by atoms with van der Waals surface area (Å²) in [5, 5.41) is 8.84. The van der Waals surface area contributed by atoms with Crippen molar-refractivity contribution in [2.45, 2.75) is 32.1 Å². The molecule has 3 nitrogen and oxygen atoms in total. The second-order valence-electron chi connectivity index (χ2n) is 5.34. The Bertz CT molecular complexity index is 593. The first-order valence-corrected chi connectivity index (χ1v) is 7.70. The molecule has 0 heterocycles. The quantitative estimate of drug-likeness (QED) is 0.743. The van der Waals surface area contributed by atoms with Crippen LogP contribution in [0.25, 0.3) is 0 Å². The Kier molecular flexibility index (Phi) is 6.01. The third-order valence-electron chi connectivity index (χ3n) is 3.81. The normalized spacial score (nSPS) is 11.9. The van der Waals surface area contributed by atoms with Gasteiger partial charge in [-0.1, -0.05) is 67.9 Å². The van der Waals surface area contributed by atoms with Crippen LogP contribution in [0.15, 0.2) is 54.6 Å². The van der Waals surface area contributed by atoms with Crippen LogP contribution >= 0.6 is 0 Å². The van der Waals surface area contributed by atoms with Gasteiger partial charge in [-0.05, 0) is 29.5 Å². The van der Waals surface area contributed by atoms with Crippen LogP contribution in [-0.2, 0) is 11.2 Å². The molecule has 1 atom stereocenters. The first kappa shape index (κ1) is 16.1. The molecule has 0 bridgehead atoms. The monoisotopic (exact) mass is 298 g/mol. The van der Waals surface area contributed by atoms with Crippen molar-refractivity contribution >= 4 is 6.16 Å². The van der Waals surface area contributed by atoms with Crippen LogP contribution in [0.3, 0.4) is 0 Å². The van der Waals surface area contributed by atoms with Gasteiger partial charge in [0.25, 0.3) is 0 Å². The first-order valence-electron chi connectivity index (χ1n) is 7.70. The summed E-state index contributed by atoms with van der Waals surface area (Å²) in [5.74, 6) is -0.0645. The van der Waals surface area contributed by atoms with Gasteiger partial charge in [0.1, 0.15) is 6.61 Å². The molecule has 0 aromatic heterocycles. The molecule has 0 aliphatic carbocycles. The molecule has 0 spiro atoms. The zero-order chi connectivity index (χ0) is 15.8. The molecule has 2 rings (SSSR count). The third kappa shape index (κ3) is 4.35. The molecule has 0 aliphatic heterocycles. The minimum Gasteiger partial charge on any atom is -0.450 e. The summed E-state index contributed by atoms with van der Waals surface area (Å²) >= 11 is 0. The minimum absolute atomic E-state index is 0.0645. The average molecular weight is 298 g/mol. The molecule has 1 N–H and O–H groups in total. The Labute approximate surface area is 131 Å². The standard InChI is InChI=1S/C19H22O3/c1-2-3-9-15-12-7-8-13-17(15)18(14-22-19(20)21)16-10-5-4-6-11-16/h4-8,10-13,18H,2-3,9,14H2,1H3,(H,20,21). The highest BCUT2D eigenvalue weighted by Crippen LogP contribution is 2.28. The fraction of sp³-hybridized carbons (Fsp3) is 0.316. The molecular weight excluding hydrogens is 276 g/mol. The summed E-state index contributed by atoms with van der Waals surface area (Å²) in [5.41, 5.74) is 3.50. The SMILES string of the molecule is CCCCc1ccccc1C(COC(=O)O)c1ccccc1. The first-order chi connectivity index (χ1) is 10.7. The maximum atomic E-state index is 10.8. The summed E-state index contributed by atoms with van der Waals surface area (Å²) in [7, 11) is 0. The van der Waals surface area contributed by atoms with E-state index in [2.05, 4.69) is 19.1 Å². The van der Waals surface area contributed by atoms with E-state index in [4.69, 9.17) is 9.84 Å². The maximum absolute atomic E-state index is 10.8. The number of unbranched alkanes of at least 4 members (excludes halogenated alkanes) is 1. The van der Waals surface area contributed by atoms with Gasteiger partial charge in [0.05, 0.1) is 0 Å². The van der Waals surface area contributed by atoms with Crippen LogP contribution in [0.2, 0.25) is 0 Å². The van der Waals surface area contributed by atoms with Gasteiger partial charge in [-0.3, -0.25) is 0 Å². The molecule has 22 heavy (non-hydrogen) atoms. The Balaban J connectivity index is 2.34. The van der Waals surface area contributed by atoms with Gasteiger partial charge >= 0.3 is 6.16 Å². The number of carbonyl (C=O) groups is 1. The van der Waals surface area contributed by atoms with Crippen molar-refractivity contribution in [1.29, 1.82) is 0 Å². The summed E-state index contributed by atoms with van der Waals surface area (Å²) in [6.07, 6.45) is 2.03. The number of carboxylic acid groups (broad SMARTS) is 1. The van der Waals surface area contributed by atoms with Crippen molar-refractivity contribution in [2.24, 2.45) is 0 Å². The lowest BCUT2D eigenvalue weighted by Gasteiger charge is -2.20. The van der Waals surface area contributed by atoms with E-state index in [1.54, 1.807) is 0 Å². The molecular formula is C19H22O3. The summed E-state index contributed by atoms with van der Waals surface area (Å²) in [6.45, 7) is 2.31. The smallest absolute Gasteiger partial charge is 0.450 e. The number of rotatable bonds is 7. The fourth-order valence-corrected chi connectivity index (χ4v) is 2.67. The van der Waals surface area contributed by atoms with Crippen molar-refractivity contribution < 1.29 is 14.6 Å². The van der Waals surface area contributed by atoms with E-state index in [1.807, 2.05) is 42.5 Å². The zero-order valence-corrected chi connectivity index (χ0v) is 12.9. The molecule has 2 aromatic carbocycles. The molecule has 0 fully saturated rings. The van der Waals surface area contributed by atoms with E-state index in [9.17, 15) is 4.79 Å². The van der Waals surface area contributed by atoms with E-state index in [0.717, 1.165) is 30.4 Å². The highest BCUT2D eigenvalue weighted by Gasteiger charge is 2.19. The number of benzene rings is 2. The molecule has 0 saturated heterocycles. The van der Waals surface area contributed by atoms with Gasteiger partial charge in [-0.25, -0.2) is 4.79 Å². The van der Waals surface area contributed by atoms with Gasteiger partial charge in [0, 0.05) is 5.92 Å². The van der Waals surface area contributed by atoms with Crippen molar-refractivity contribution in [3.8, 4) is 0 Å². The van der Waals surface area contributed by atoms with E-state index in [0.29, 0.717) is 0 Å². The molecule has 2 aromatic rings. The van der Waals surface area contributed by atoms with Crippen LogP contribution in [0.1, 0.15) is 42.4 Å². The van der Waals surface area contributed by atoms with Gasteiger partial charge in [-0.2, -0.15) is 0 Å². The fourth-order valence-electron chi connectivity index (χ4n) is 2.67. The van der Waals surface area contributed by atoms with E-state index < -0.39 is 6.16 Å². The van der Waals surface area contributed by atoms with Crippen LogP contribution in [0, 0.1) is 0 Å². The maximum Gasteiger partial charge on any atom is 0.505 e. The van der Waals surface area contributed by atoms with Crippen LogP contribution in [-0.4, -0.2) is 17.9 Å². The molecule has 0 saturated carbocycles. The van der Waals surface area contributed by atoms with E-state index >= 15 is 0 Å². The molecule has 0 radical (unpaired) electrons. The van der Waals surface area contributed by atoms with Crippen molar-refractivity contribution in [2.75, 3.05) is 6.61 Å².